The highest BCUT2D eigenvalue weighted by molar-refractivity contribution is 6.91. The van der Waals surface area contributed by atoms with E-state index in [4.69, 9.17) is 14.2 Å². The Hall–Kier alpha value is -4.19. The molecule has 10 atom stereocenters. The maximum absolute atomic E-state index is 15.3. The van der Waals surface area contributed by atoms with E-state index in [2.05, 4.69) is 18.4 Å². The topological polar surface area (TPSA) is 199 Å². The summed E-state index contributed by atoms with van der Waals surface area (Å²) < 4.78 is 17.8. The number of methoxy groups -OCH3 is 1. The van der Waals surface area contributed by atoms with E-state index in [9.17, 15) is 35.1 Å². The molecule has 0 saturated carbocycles. The van der Waals surface area contributed by atoms with Gasteiger partial charge in [-0.3, -0.25) is 14.4 Å². The van der Waals surface area contributed by atoms with Crippen LogP contribution in [0, 0.1) is 5.92 Å². The molecule has 0 aliphatic carbocycles. The highest BCUT2D eigenvalue weighted by atomic mass is 28.3. The lowest BCUT2D eigenvalue weighted by Crippen LogP contribution is -2.60. The van der Waals surface area contributed by atoms with Crippen LogP contribution in [0.1, 0.15) is 37.3 Å². The van der Waals surface area contributed by atoms with Crippen molar-refractivity contribution < 1.29 is 54.1 Å². The summed E-state index contributed by atoms with van der Waals surface area (Å²) in [6.45, 7) is 7.06. The number of hydrogen-bond acceptors (Lipinski definition) is 11. The average Bonchev–Trinajstić information content (AvgIpc) is 3.86. The van der Waals surface area contributed by atoms with Gasteiger partial charge in [0.05, 0.1) is 52.6 Å². The van der Waals surface area contributed by atoms with E-state index in [0.29, 0.717) is 30.0 Å². The van der Waals surface area contributed by atoms with Crippen LogP contribution in [0.5, 0.6) is 5.75 Å². The zero-order chi connectivity index (χ0) is 40.1. The molecule has 0 unspecified atom stereocenters. The largest absolute Gasteiger partial charge is 0.497 e. The van der Waals surface area contributed by atoms with Crippen LogP contribution in [-0.2, 0) is 36.0 Å². The molecule has 4 aliphatic rings. The van der Waals surface area contributed by atoms with E-state index in [1.54, 1.807) is 35.1 Å². The molecule has 14 nitrogen and oxygen atoms in total. The first-order chi connectivity index (χ1) is 26.7. The maximum Gasteiger partial charge on any atom is 0.264 e. The third-order valence-corrected chi connectivity index (χ3v) is 16.8. The Bertz CT molecular complexity index is 1930. The average molecular weight is 790 g/mol. The Morgan fingerprint density at radius 3 is 2.38 bits per heavy atom. The van der Waals surface area contributed by atoms with Crippen molar-refractivity contribution in [3.05, 3.63) is 83.9 Å². The molecule has 3 amide bonds. The molecule has 7 rings (SSSR count). The zero-order valence-electron chi connectivity index (χ0n) is 31.9. The molecule has 0 aromatic heterocycles. The molecule has 1 spiro atoms. The van der Waals surface area contributed by atoms with Crippen LogP contribution in [0.2, 0.25) is 18.6 Å². The van der Waals surface area contributed by atoms with Crippen molar-refractivity contribution in [2.45, 2.75) is 99.8 Å². The number of ether oxygens (including phenoxy) is 3. The predicted molar refractivity (Wildman–Crippen MR) is 208 cm³/mol. The van der Waals surface area contributed by atoms with Gasteiger partial charge in [-0.15, -0.1) is 0 Å². The minimum Gasteiger partial charge on any atom is -0.497 e. The zero-order valence-corrected chi connectivity index (χ0v) is 32.9. The van der Waals surface area contributed by atoms with Gasteiger partial charge in [-0.1, -0.05) is 67.7 Å². The number of nitrogens with zero attached hydrogens (tertiary/aromatic N) is 2. The summed E-state index contributed by atoms with van der Waals surface area (Å²) in [6, 6.07) is 22.2. The SMILES string of the molecule is COc1ccc([Si](C)(C)[C@@H]2[C@@H](CC(=O)N3CCC[C@H]3CO)O[C@]3(C(=O)N(Cc4ccccc4)c4ccc(NC(=O)[C@H]5O[C@@H](O)[C@H](O)[C@@H](O)[C@@H]5O)cc43)[C@H]2C)cc1. The minimum atomic E-state index is -2.62. The molecule has 300 valence electrons. The first-order valence-electron chi connectivity index (χ1n) is 19.1. The summed E-state index contributed by atoms with van der Waals surface area (Å²) in [5.74, 6) is -1.09. The molecule has 4 heterocycles. The van der Waals surface area contributed by atoms with Gasteiger partial charge in [0.2, 0.25) is 5.91 Å². The first kappa shape index (κ1) is 40.0. The number of fused-ring (bicyclic) bond motifs is 2. The molecular formula is C41H51N3O11Si. The van der Waals surface area contributed by atoms with E-state index < -0.39 is 62.3 Å². The highest BCUT2D eigenvalue weighted by Crippen LogP contribution is 2.60. The maximum atomic E-state index is 15.3. The number of benzene rings is 3. The Balaban J connectivity index is 1.31. The van der Waals surface area contributed by atoms with Gasteiger partial charge in [0.1, 0.15) is 24.1 Å². The smallest absolute Gasteiger partial charge is 0.264 e. The number of aliphatic hydroxyl groups excluding tert-OH is 5. The lowest BCUT2D eigenvalue weighted by molar-refractivity contribution is -0.274. The minimum absolute atomic E-state index is 0.00494. The molecule has 6 N–H and O–H groups in total. The van der Waals surface area contributed by atoms with Gasteiger partial charge in [-0.05, 0) is 54.3 Å². The van der Waals surface area contributed by atoms with Gasteiger partial charge in [0.15, 0.2) is 18.0 Å². The molecule has 15 heteroatoms. The normalized spacial score (nSPS) is 31.5. The number of aliphatic hydroxyl groups is 5. The van der Waals surface area contributed by atoms with Crippen LogP contribution < -0.4 is 20.1 Å². The van der Waals surface area contributed by atoms with Crippen LogP contribution in [0.3, 0.4) is 0 Å². The summed E-state index contributed by atoms with van der Waals surface area (Å²) >= 11 is 0. The van der Waals surface area contributed by atoms with Crippen LogP contribution in [0.25, 0.3) is 0 Å². The second kappa shape index (κ2) is 15.6. The monoisotopic (exact) mass is 789 g/mol. The fraction of sp³-hybridized carbons (Fsp3) is 0.488. The lowest BCUT2D eigenvalue weighted by Gasteiger charge is -2.37. The van der Waals surface area contributed by atoms with Gasteiger partial charge < -0.3 is 54.9 Å². The third kappa shape index (κ3) is 6.83. The second-order valence-corrected chi connectivity index (χ2v) is 20.6. The molecular weight excluding hydrogens is 739 g/mol. The number of anilines is 2. The van der Waals surface area contributed by atoms with Crippen LogP contribution in [0.15, 0.2) is 72.8 Å². The second-order valence-electron chi connectivity index (χ2n) is 15.9. The summed E-state index contributed by atoms with van der Waals surface area (Å²) in [4.78, 5) is 46.3. The van der Waals surface area contributed by atoms with Crippen molar-refractivity contribution in [3.8, 4) is 5.75 Å². The Labute approximate surface area is 326 Å². The molecule has 3 saturated heterocycles. The fourth-order valence-corrected chi connectivity index (χ4v) is 13.5. The van der Waals surface area contributed by atoms with Gasteiger partial charge in [0, 0.05) is 23.7 Å². The van der Waals surface area contributed by atoms with E-state index >= 15 is 4.79 Å². The number of likely N-dealkylation sites (tertiary alicyclic amines) is 1. The summed E-state index contributed by atoms with van der Waals surface area (Å²) in [5, 5.41) is 54.7. The van der Waals surface area contributed by atoms with Gasteiger partial charge in [0.25, 0.3) is 11.8 Å². The van der Waals surface area contributed by atoms with E-state index in [1.807, 2.05) is 61.5 Å². The fourth-order valence-electron chi connectivity index (χ4n) is 9.45. The van der Waals surface area contributed by atoms with Crippen molar-refractivity contribution in [1.82, 2.24) is 4.90 Å². The van der Waals surface area contributed by atoms with E-state index in [-0.39, 0.29) is 48.7 Å². The molecule has 3 aromatic carbocycles. The van der Waals surface area contributed by atoms with Crippen LogP contribution >= 0.6 is 0 Å². The predicted octanol–water partition coefficient (Wildman–Crippen LogP) is 1.57. The van der Waals surface area contributed by atoms with Crippen molar-refractivity contribution in [1.29, 1.82) is 0 Å². The molecule has 3 aromatic rings. The first-order valence-corrected chi connectivity index (χ1v) is 22.2. The number of carbonyl (C=O) groups is 3. The molecule has 56 heavy (non-hydrogen) atoms. The number of nitrogens with one attached hydrogen (secondary N) is 1. The third-order valence-electron chi connectivity index (χ3n) is 12.4. The van der Waals surface area contributed by atoms with Crippen molar-refractivity contribution in [2.75, 3.05) is 30.5 Å². The van der Waals surface area contributed by atoms with E-state index in [1.165, 1.54) is 0 Å². The van der Waals surface area contributed by atoms with Crippen molar-refractivity contribution in [3.63, 3.8) is 0 Å². The number of carbonyl (C=O) groups excluding carboxylic acids is 3. The number of amides is 3. The van der Waals surface area contributed by atoms with E-state index in [0.717, 1.165) is 17.2 Å². The Morgan fingerprint density at radius 1 is 0.982 bits per heavy atom. The summed E-state index contributed by atoms with van der Waals surface area (Å²) in [7, 11) is -1.02. The Morgan fingerprint density at radius 2 is 1.70 bits per heavy atom. The highest BCUT2D eigenvalue weighted by Gasteiger charge is 2.66. The van der Waals surface area contributed by atoms with Crippen LogP contribution in [0.4, 0.5) is 11.4 Å². The lowest BCUT2D eigenvalue weighted by atomic mass is 9.82. The van der Waals surface area contributed by atoms with Crippen molar-refractivity contribution in [2.24, 2.45) is 5.92 Å². The summed E-state index contributed by atoms with van der Waals surface area (Å²) in [6.07, 6.45) is -8.29. The quantitative estimate of drug-likeness (QED) is 0.163. The molecule has 0 radical (unpaired) electrons. The number of hydrogen-bond donors (Lipinski definition) is 6. The van der Waals surface area contributed by atoms with Gasteiger partial charge in [-0.2, -0.15) is 0 Å². The van der Waals surface area contributed by atoms with Crippen LogP contribution in [-0.4, -0.2) is 119 Å². The molecule has 4 aliphatic heterocycles. The van der Waals surface area contributed by atoms with Gasteiger partial charge in [-0.25, -0.2) is 0 Å². The summed E-state index contributed by atoms with van der Waals surface area (Å²) in [5.41, 5.74) is 0.349. The van der Waals surface area contributed by atoms with Gasteiger partial charge >= 0.3 is 0 Å². The standard InChI is InChI=1S/C41H51N3O11Si/c1-23-37(56(3,4)28-15-13-27(53-2)14-16-28)31(20-32(46)43-18-8-11-26(43)22-45)55-41(23)29-19-25(42-38(50)36-34(48)33(47)35(49)39(51)54-36)12-17-30(29)44(40(41)52)21-24-9-6-5-7-10-24/h5-7,9-10,12-17,19,23,26,31,33-37,39,45,47-49,51H,8,11,18,20-22H2,1-4H3,(H,42,50)/t23-,26-,31+,33-,34-,35+,36-,37-,39+,41+/m0/s1. The van der Waals surface area contributed by atoms with Crippen molar-refractivity contribution >= 4 is 42.4 Å². The molecule has 0 bridgehead atoms. The number of rotatable bonds is 10. The Kier molecular flexibility index (Phi) is 11.2. The molecule has 3 fully saturated rings.